The molecular formula is C23H21NO6. The Morgan fingerprint density at radius 3 is 2.37 bits per heavy atom. The number of ether oxygens (including phenoxy) is 3. The van der Waals surface area contributed by atoms with E-state index in [-0.39, 0.29) is 22.6 Å². The van der Waals surface area contributed by atoms with Crippen LogP contribution in [0.2, 0.25) is 0 Å². The number of hydrogen-bond acceptors (Lipinski definition) is 6. The zero-order chi connectivity index (χ0) is 21.7. The first-order chi connectivity index (χ1) is 14.5. The van der Waals surface area contributed by atoms with E-state index >= 15 is 0 Å². The molecule has 0 heterocycles. The summed E-state index contributed by atoms with van der Waals surface area (Å²) in [5.74, 6) is -1.04. The fraction of sp³-hybridized carbons (Fsp3) is 0.174. The Morgan fingerprint density at radius 1 is 0.967 bits per heavy atom. The summed E-state index contributed by atoms with van der Waals surface area (Å²) in [4.78, 5) is 36.6. The molecule has 0 aliphatic carbocycles. The quantitative estimate of drug-likeness (QED) is 0.473. The Kier molecular flexibility index (Phi) is 6.32. The highest BCUT2D eigenvalue weighted by Crippen LogP contribution is 2.33. The Hall–Kier alpha value is -3.87. The van der Waals surface area contributed by atoms with Gasteiger partial charge in [0.05, 0.1) is 14.2 Å². The minimum absolute atomic E-state index is 0.0641. The largest absolute Gasteiger partial charge is 0.493 e. The number of fused-ring (bicyclic) bond motifs is 1. The van der Waals surface area contributed by atoms with E-state index in [1.807, 2.05) is 36.4 Å². The van der Waals surface area contributed by atoms with Crippen molar-refractivity contribution in [3.63, 3.8) is 0 Å². The molecule has 1 amide bonds. The molecule has 7 heteroatoms. The van der Waals surface area contributed by atoms with Crippen molar-refractivity contribution in [2.24, 2.45) is 0 Å². The molecule has 3 aromatic carbocycles. The minimum atomic E-state index is -1.11. The smallest absolute Gasteiger partial charge is 0.343 e. The van der Waals surface area contributed by atoms with Gasteiger partial charge in [0.1, 0.15) is 5.56 Å². The van der Waals surface area contributed by atoms with Crippen LogP contribution >= 0.6 is 0 Å². The van der Waals surface area contributed by atoms with E-state index in [2.05, 4.69) is 5.32 Å². The lowest BCUT2D eigenvalue weighted by Gasteiger charge is -2.17. The number of aldehydes is 1. The lowest BCUT2D eigenvalue weighted by atomic mass is 10.1. The normalized spacial score (nSPS) is 11.4. The number of benzene rings is 3. The molecule has 0 aromatic heterocycles. The van der Waals surface area contributed by atoms with Gasteiger partial charge in [-0.3, -0.25) is 9.59 Å². The maximum atomic E-state index is 12.7. The van der Waals surface area contributed by atoms with Crippen molar-refractivity contribution in [3.8, 4) is 11.5 Å². The first kappa shape index (κ1) is 20.9. The maximum Gasteiger partial charge on any atom is 0.343 e. The van der Waals surface area contributed by atoms with E-state index in [9.17, 15) is 14.4 Å². The van der Waals surface area contributed by atoms with Gasteiger partial charge < -0.3 is 19.5 Å². The second kappa shape index (κ2) is 9.09. The highest BCUT2D eigenvalue weighted by Gasteiger charge is 2.26. The van der Waals surface area contributed by atoms with E-state index < -0.39 is 18.0 Å². The standard InChI is InChI=1S/C23H21NO6/c1-14(22(26)24-18-10-8-15-6-4-5-7-16(15)12-18)30-23(27)20-17(13-25)9-11-19(28-2)21(20)29-3/h4-14H,1-3H3,(H,24,26)/t14-/m0/s1. The van der Waals surface area contributed by atoms with Crippen molar-refractivity contribution >= 4 is 34.6 Å². The molecule has 1 N–H and O–H groups in total. The Morgan fingerprint density at radius 2 is 1.70 bits per heavy atom. The number of anilines is 1. The van der Waals surface area contributed by atoms with Crippen LogP contribution < -0.4 is 14.8 Å². The number of amides is 1. The summed E-state index contributed by atoms with van der Waals surface area (Å²) in [5, 5.41) is 4.74. The molecule has 1 atom stereocenters. The SMILES string of the molecule is COc1ccc(C=O)c(C(=O)O[C@@H](C)C(=O)Nc2ccc3ccccc3c2)c1OC. The molecule has 0 fully saturated rings. The molecule has 0 spiro atoms. The number of carbonyl (C=O) groups excluding carboxylic acids is 3. The van der Waals surface area contributed by atoms with Crippen molar-refractivity contribution < 1.29 is 28.6 Å². The van der Waals surface area contributed by atoms with E-state index in [0.29, 0.717) is 12.0 Å². The average Bonchev–Trinajstić information content (AvgIpc) is 2.77. The summed E-state index contributed by atoms with van der Waals surface area (Å²) in [6.45, 7) is 1.45. The summed E-state index contributed by atoms with van der Waals surface area (Å²) >= 11 is 0. The number of carbonyl (C=O) groups is 3. The topological polar surface area (TPSA) is 90.9 Å². The predicted octanol–water partition coefficient (Wildman–Crippen LogP) is 3.85. The molecule has 0 radical (unpaired) electrons. The van der Waals surface area contributed by atoms with Crippen LogP contribution in [0, 0.1) is 0 Å². The summed E-state index contributed by atoms with van der Waals surface area (Å²) < 4.78 is 15.7. The second-order valence-corrected chi connectivity index (χ2v) is 6.48. The zero-order valence-electron chi connectivity index (χ0n) is 16.8. The number of hydrogen-bond donors (Lipinski definition) is 1. The van der Waals surface area contributed by atoms with Crippen LogP contribution in [0.1, 0.15) is 27.6 Å². The lowest BCUT2D eigenvalue weighted by Crippen LogP contribution is -2.30. The van der Waals surface area contributed by atoms with Gasteiger partial charge in [0.15, 0.2) is 23.9 Å². The molecule has 0 saturated heterocycles. The van der Waals surface area contributed by atoms with E-state index in [4.69, 9.17) is 14.2 Å². The van der Waals surface area contributed by atoms with Gasteiger partial charge in [-0.05, 0) is 42.0 Å². The van der Waals surface area contributed by atoms with Gasteiger partial charge in [-0.25, -0.2) is 4.79 Å². The van der Waals surface area contributed by atoms with Gasteiger partial charge in [0, 0.05) is 11.3 Å². The number of rotatable bonds is 7. The molecule has 0 aliphatic heterocycles. The van der Waals surface area contributed by atoms with Crippen molar-refractivity contribution in [1.82, 2.24) is 0 Å². The fourth-order valence-electron chi connectivity index (χ4n) is 3.03. The van der Waals surface area contributed by atoms with Gasteiger partial charge in [0.25, 0.3) is 5.91 Å². The summed E-state index contributed by atoms with van der Waals surface area (Å²) in [6, 6.07) is 16.2. The van der Waals surface area contributed by atoms with Gasteiger partial charge >= 0.3 is 5.97 Å². The Labute approximate surface area is 173 Å². The third-order valence-electron chi connectivity index (χ3n) is 4.58. The van der Waals surface area contributed by atoms with Crippen LogP contribution in [0.15, 0.2) is 54.6 Å². The molecule has 0 aliphatic rings. The zero-order valence-corrected chi connectivity index (χ0v) is 16.8. The van der Waals surface area contributed by atoms with Crippen LogP contribution in [0.5, 0.6) is 11.5 Å². The van der Waals surface area contributed by atoms with Gasteiger partial charge in [-0.1, -0.05) is 30.3 Å². The molecule has 0 saturated carbocycles. The van der Waals surface area contributed by atoms with Crippen LogP contribution in [0.25, 0.3) is 10.8 Å². The molecule has 0 bridgehead atoms. The predicted molar refractivity (Wildman–Crippen MR) is 112 cm³/mol. The molecule has 3 rings (SSSR count). The van der Waals surface area contributed by atoms with E-state index in [0.717, 1.165) is 10.8 Å². The second-order valence-electron chi connectivity index (χ2n) is 6.48. The molecule has 7 nitrogen and oxygen atoms in total. The third-order valence-corrected chi connectivity index (χ3v) is 4.58. The Balaban J connectivity index is 1.78. The van der Waals surface area contributed by atoms with Crippen molar-refractivity contribution in [2.45, 2.75) is 13.0 Å². The highest BCUT2D eigenvalue weighted by molar-refractivity contribution is 6.04. The maximum absolute atomic E-state index is 12.7. The lowest BCUT2D eigenvalue weighted by molar-refractivity contribution is -0.123. The van der Waals surface area contributed by atoms with Gasteiger partial charge in [-0.2, -0.15) is 0 Å². The summed E-state index contributed by atoms with van der Waals surface area (Å²) in [7, 11) is 2.76. The van der Waals surface area contributed by atoms with Crippen LogP contribution in [0.3, 0.4) is 0 Å². The first-order valence-corrected chi connectivity index (χ1v) is 9.19. The molecule has 3 aromatic rings. The number of esters is 1. The van der Waals surface area contributed by atoms with Crippen molar-refractivity contribution in [2.75, 3.05) is 19.5 Å². The monoisotopic (exact) mass is 407 g/mol. The fourth-order valence-corrected chi connectivity index (χ4v) is 3.03. The average molecular weight is 407 g/mol. The number of nitrogens with one attached hydrogen (secondary N) is 1. The minimum Gasteiger partial charge on any atom is -0.493 e. The first-order valence-electron chi connectivity index (χ1n) is 9.19. The third kappa shape index (κ3) is 4.25. The van der Waals surface area contributed by atoms with Crippen LogP contribution in [0.4, 0.5) is 5.69 Å². The van der Waals surface area contributed by atoms with Crippen LogP contribution in [-0.2, 0) is 9.53 Å². The van der Waals surface area contributed by atoms with Crippen molar-refractivity contribution in [1.29, 1.82) is 0 Å². The Bertz CT molecular complexity index is 1110. The molecule has 154 valence electrons. The van der Waals surface area contributed by atoms with Crippen LogP contribution in [-0.4, -0.2) is 38.5 Å². The molecule has 30 heavy (non-hydrogen) atoms. The van der Waals surface area contributed by atoms with E-state index in [1.165, 1.54) is 33.3 Å². The summed E-state index contributed by atoms with van der Waals surface area (Å²) in [6.07, 6.45) is -0.599. The van der Waals surface area contributed by atoms with E-state index in [1.54, 1.807) is 6.07 Å². The summed E-state index contributed by atoms with van der Waals surface area (Å²) in [5.41, 5.74) is 0.547. The highest BCUT2D eigenvalue weighted by atomic mass is 16.6. The molecule has 0 unspecified atom stereocenters. The number of methoxy groups -OCH3 is 2. The van der Waals surface area contributed by atoms with Gasteiger partial charge in [-0.15, -0.1) is 0 Å². The van der Waals surface area contributed by atoms with Crippen molar-refractivity contribution in [3.05, 3.63) is 65.7 Å². The molecular weight excluding hydrogens is 386 g/mol. The van der Waals surface area contributed by atoms with Gasteiger partial charge in [0.2, 0.25) is 0 Å².